The van der Waals surface area contributed by atoms with Gasteiger partial charge in [0, 0.05) is 6.42 Å². The number of carbonyl (C=O) groups is 3. The summed E-state index contributed by atoms with van der Waals surface area (Å²) >= 11 is 1.94. The molecule has 9 heteroatoms. The fourth-order valence-electron chi connectivity index (χ4n) is 2.15. The lowest BCUT2D eigenvalue weighted by atomic mass is 10.1. The second-order valence-corrected chi connectivity index (χ2v) is 7.91. The minimum Gasteiger partial charge on any atom is -0.455 e. The molecule has 0 aliphatic rings. The van der Waals surface area contributed by atoms with Crippen LogP contribution in [0.15, 0.2) is 18.2 Å². The molecule has 0 bridgehead atoms. The highest BCUT2D eigenvalue weighted by atomic mass is 127. The zero-order valence-corrected chi connectivity index (χ0v) is 19.3. The minimum absolute atomic E-state index is 0.0511. The van der Waals surface area contributed by atoms with Crippen molar-refractivity contribution in [1.82, 2.24) is 0 Å². The van der Waals surface area contributed by atoms with Crippen LogP contribution >= 0.6 is 22.6 Å². The number of hydrogen-bond donors (Lipinski definition) is 2. The quantitative estimate of drug-likeness (QED) is 0.208. The molecule has 0 amide bonds. The molecule has 1 aromatic carbocycles. The summed E-state index contributed by atoms with van der Waals surface area (Å²) < 4.78 is 15.9. The summed E-state index contributed by atoms with van der Waals surface area (Å²) in [4.78, 5) is 36.1. The maximum Gasteiger partial charge on any atom is 0.328 e. The van der Waals surface area contributed by atoms with Crippen molar-refractivity contribution in [3.05, 3.63) is 23.8 Å². The van der Waals surface area contributed by atoms with Gasteiger partial charge in [0.15, 0.2) is 11.5 Å². The Morgan fingerprint density at radius 2 is 1.45 bits per heavy atom. The molecule has 0 radical (unpaired) electrons. The molecule has 4 N–H and O–H groups in total. The second-order valence-electron chi connectivity index (χ2n) is 7.29. The van der Waals surface area contributed by atoms with Gasteiger partial charge in [-0.05, 0) is 58.5 Å². The molecule has 2 unspecified atom stereocenters. The van der Waals surface area contributed by atoms with Crippen LogP contribution in [0.2, 0.25) is 0 Å². The molecule has 1 aromatic rings. The molecule has 1 rings (SSSR count). The predicted octanol–water partition coefficient (Wildman–Crippen LogP) is 2.33. The second kappa shape index (κ2) is 12.1. The van der Waals surface area contributed by atoms with Crippen molar-refractivity contribution in [3.8, 4) is 11.5 Å². The largest absolute Gasteiger partial charge is 0.455 e. The van der Waals surface area contributed by atoms with Crippen LogP contribution in [0.5, 0.6) is 11.5 Å². The van der Waals surface area contributed by atoms with Crippen LogP contribution in [0.3, 0.4) is 0 Å². The van der Waals surface area contributed by atoms with Crippen molar-refractivity contribution < 1.29 is 28.6 Å². The molecule has 8 nitrogen and oxygen atoms in total. The van der Waals surface area contributed by atoms with Crippen LogP contribution in [0.25, 0.3) is 0 Å². The van der Waals surface area contributed by atoms with Gasteiger partial charge < -0.3 is 25.7 Å². The standard InChI is InChI=1S/C20H29IN2O6/c1-11(2)17(22)19(25)28-14-7-5-13(6-8-16(24)27-10-21)9-15(14)29-20(26)18(23)12(3)4/h5,7,9,11-12,17-18H,6,8,10,22-23H2,1-4H3. The highest BCUT2D eigenvalue weighted by Crippen LogP contribution is 2.30. The summed E-state index contributed by atoms with van der Waals surface area (Å²) in [5.41, 5.74) is 12.4. The van der Waals surface area contributed by atoms with Crippen LogP contribution in [-0.4, -0.2) is 34.6 Å². The van der Waals surface area contributed by atoms with E-state index in [4.69, 9.17) is 25.7 Å². The summed E-state index contributed by atoms with van der Waals surface area (Å²) in [5.74, 6) is -1.75. The smallest absolute Gasteiger partial charge is 0.328 e. The van der Waals surface area contributed by atoms with Gasteiger partial charge >= 0.3 is 17.9 Å². The summed E-state index contributed by atoms with van der Waals surface area (Å²) in [6.07, 6.45) is 0.537. The molecule has 0 spiro atoms. The number of esters is 3. The van der Waals surface area contributed by atoms with Gasteiger partial charge in [-0.15, -0.1) is 0 Å². The lowest BCUT2D eigenvalue weighted by Crippen LogP contribution is -2.39. The van der Waals surface area contributed by atoms with Crippen molar-refractivity contribution in [2.24, 2.45) is 23.3 Å². The molecule has 0 aliphatic carbocycles. The molecule has 0 saturated carbocycles. The first-order valence-electron chi connectivity index (χ1n) is 9.35. The maximum atomic E-state index is 12.3. The topological polar surface area (TPSA) is 131 Å². The minimum atomic E-state index is -0.834. The van der Waals surface area contributed by atoms with Gasteiger partial charge in [-0.25, -0.2) is 9.59 Å². The monoisotopic (exact) mass is 520 g/mol. The van der Waals surface area contributed by atoms with Gasteiger partial charge in [0.2, 0.25) is 0 Å². The number of alkyl halides is 1. The van der Waals surface area contributed by atoms with E-state index < -0.39 is 24.0 Å². The molecule has 0 aromatic heterocycles. The van der Waals surface area contributed by atoms with Crippen molar-refractivity contribution in [3.63, 3.8) is 0 Å². The lowest BCUT2D eigenvalue weighted by molar-refractivity contribution is -0.141. The zero-order valence-electron chi connectivity index (χ0n) is 17.1. The van der Waals surface area contributed by atoms with Crippen molar-refractivity contribution in [2.75, 3.05) is 4.61 Å². The maximum absolute atomic E-state index is 12.3. The van der Waals surface area contributed by atoms with Crippen LogP contribution in [-0.2, 0) is 25.5 Å². The number of carbonyl (C=O) groups excluding carboxylic acids is 3. The number of halogens is 1. The Morgan fingerprint density at radius 3 is 1.93 bits per heavy atom. The molecule has 0 aliphatic heterocycles. The third-order valence-corrected chi connectivity index (χ3v) is 4.55. The van der Waals surface area contributed by atoms with E-state index in [0.717, 1.165) is 0 Å². The Morgan fingerprint density at radius 1 is 0.931 bits per heavy atom. The van der Waals surface area contributed by atoms with Crippen LogP contribution in [0.4, 0.5) is 0 Å². The number of benzene rings is 1. The van der Waals surface area contributed by atoms with Gasteiger partial charge in [0.25, 0.3) is 0 Å². The summed E-state index contributed by atoms with van der Waals surface area (Å²) in [5, 5.41) is 0. The molecule has 29 heavy (non-hydrogen) atoms. The average Bonchev–Trinajstić information content (AvgIpc) is 2.66. The normalized spacial score (nSPS) is 13.1. The van der Waals surface area contributed by atoms with Crippen LogP contribution < -0.4 is 20.9 Å². The molecule has 162 valence electrons. The van der Waals surface area contributed by atoms with Gasteiger partial charge in [0.1, 0.15) is 16.7 Å². The SMILES string of the molecule is CC(C)C(N)C(=O)Oc1ccc(CCC(=O)OCI)cc1OC(=O)C(N)C(C)C. The van der Waals surface area contributed by atoms with Gasteiger partial charge in [-0.3, -0.25) is 4.79 Å². The highest BCUT2D eigenvalue weighted by Gasteiger charge is 2.24. The zero-order chi connectivity index (χ0) is 22.1. The molecular formula is C20H29IN2O6. The van der Waals surface area contributed by atoms with Crippen LogP contribution in [0, 0.1) is 11.8 Å². The van der Waals surface area contributed by atoms with Crippen molar-refractivity contribution in [2.45, 2.75) is 52.6 Å². The lowest BCUT2D eigenvalue weighted by Gasteiger charge is -2.18. The van der Waals surface area contributed by atoms with Crippen molar-refractivity contribution >= 4 is 40.5 Å². The Labute approximate surface area is 184 Å². The van der Waals surface area contributed by atoms with E-state index in [9.17, 15) is 14.4 Å². The van der Waals surface area contributed by atoms with Gasteiger partial charge in [0.05, 0.1) is 0 Å². The first-order valence-corrected chi connectivity index (χ1v) is 10.9. The number of aryl methyl sites for hydroxylation is 1. The average molecular weight is 520 g/mol. The number of ether oxygens (including phenoxy) is 3. The fourth-order valence-corrected chi connectivity index (χ4v) is 2.50. The highest BCUT2D eigenvalue weighted by molar-refractivity contribution is 14.1. The predicted molar refractivity (Wildman–Crippen MR) is 117 cm³/mol. The molecule has 0 fully saturated rings. The van der Waals surface area contributed by atoms with E-state index in [0.29, 0.717) is 12.0 Å². The Bertz CT molecular complexity index is 723. The van der Waals surface area contributed by atoms with E-state index in [2.05, 4.69) is 0 Å². The molecule has 0 heterocycles. The Balaban J connectivity index is 3.07. The third-order valence-electron chi connectivity index (χ3n) is 4.24. The van der Waals surface area contributed by atoms with E-state index in [1.54, 1.807) is 39.8 Å². The number of nitrogens with two attached hydrogens (primary N) is 2. The Kier molecular flexibility index (Phi) is 10.5. The first kappa shape index (κ1) is 25.3. The summed E-state index contributed by atoms with van der Waals surface area (Å²) in [6.45, 7) is 7.19. The number of rotatable bonds is 10. The summed E-state index contributed by atoms with van der Waals surface area (Å²) in [6, 6.07) is 3.08. The van der Waals surface area contributed by atoms with Crippen molar-refractivity contribution in [1.29, 1.82) is 0 Å². The number of hydrogen-bond acceptors (Lipinski definition) is 8. The van der Waals surface area contributed by atoms with E-state index in [-0.39, 0.29) is 40.3 Å². The first-order chi connectivity index (χ1) is 13.6. The molecule has 2 atom stereocenters. The molecule has 0 saturated heterocycles. The van der Waals surface area contributed by atoms with Crippen LogP contribution in [0.1, 0.15) is 39.7 Å². The Hall–Kier alpha value is -1.72. The van der Waals surface area contributed by atoms with E-state index in [1.807, 2.05) is 22.6 Å². The summed E-state index contributed by atoms with van der Waals surface area (Å²) in [7, 11) is 0. The molecular weight excluding hydrogens is 491 g/mol. The third kappa shape index (κ3) is 8.27. The van der Waals surface area contributed by atoms with Gasteiger partial charge in [-0.1, -0.05) is 33.8 Å². The van der Waals surface area contributed by atoms with E-state index in [1.165, 1.54) is 6.07 Å². The van der Waals surface area contributed by atoms with Gasteiger partial charge in [-0.2, -0.15) is 0 Å². The van der Waals surface area contributed by atoms with E-state index >= 15 is 0 Å². The fraction of sp³-hybridized carbons (Fsp3) is 0.550.